The van der Waals surface area contributed by atoms with E-state index in [1.54, 1.807) is 18.2 Å². The molecule has 0 bridgehead atoms. The van der Waals surface area contributed by atoms with Crippen molar-refractivity contribution in [1.29, 1.82) is 0 Å². The molecule has 7 heteroatoms. The first-order valence-corrected chi connectivity index (χ1v) is 15.7. The first kappa shape index (κ1) is 36.7. The van der Waals surface area contributed by atoms with Crippen LogP contribution in [0, 0.1) is 0 Å². The molecule has 0 aliphatic carbocycles. The van der Waals surface area contributed by atoms with Crippen molar-refractivity contribution < 1.29 is 30.0 Å². The summed E-state index contributed by atoms with van der Waals surface area (Å²) in [5.74, 6) is -0.358. The third-order valence-electron chi connectivity index (χ3n) is 7.26. The molecule has 0 aromatic heterocycles. The summed E-state index contributed by atoms with van der Waals surface area (Å²) < 4.78 is 5.72. The molecule has 7 nitrogen and oxygen atoms in total. The summed E-state index contributed by atoms with van der Waals surface area (Å²) >= 11 is 0. The largest absolute Gasteiger partial charge is 0.508 e. The Morgan fingerprint density at radius 3 is 2.18 bits per heavy atom. The minimum absolute atomic E-state index is 0.0533. The van der Waals surface area contributed by atoms with Crippen molar-refractivity contribution in [3.05, 3.63) is 107 Å². The molecule has 3 aromatic rings. The lowest BCUT2D eigenvalue weighted by Gasteiger charge is -2.14. The summed E-state index contributed by atoms with van der Waals surface area (Å²) in [6, 6.07) is 23.3. The van der Waals surface area contributed by atoms with Crippen molar-refractivity contribution in [2.24, 2.45) is 0 Å². The molecule has 1 atom stereocenters. The Labute approximate surface area is 263 Å². The number of aryl methyl sites for hydroxylation is 1. The quantitative estimate of drug-likeness (QED) is 0.0736. The average molecular weight is 606 g/mol. The first-order chi connectivity index (χ1) is 21.3. The fourth-order valence-electron chi connectivity index (χ4n) is 4.54. The molecular formula is C37H51NO6. The highest BCUT2D eigenvalue weighted by Gasteiger charge is 2.10. The molecule has 0 amide bonds. The van der Waals surface area contributed by atoms with Gasteiger partial charge >= 0.3 is 5.97 Å². The maximum atomic E-state index is 10.3. The standard InChI is InChI=1S/C25H37NO4.C12H14O2/c27-20-23-18-22(13-14-24(23)28)25(29)19-26-15-7-1-2-8-16-30-17-9-6-12-21-10-4-3-5-11-21;1-9(2)11-6-3-10(4-7-11)5-8-12(13)14/h3-5,10-11,13-14,18,25-29H,1-2,6-9,12,15-17,19-20H2;3-9H,1-2H3,(H,13,14)/b;8-5+. The zero-order chi connectivity index (χ0) is 32.0. The van der Waals surface area contributed by atoms with Crippen LogP contribution in [-0.4, -0.2) is 52.7 Å². The highest BCUT2D eigenvalue weighted by atomic mass is 16.5. The number of aliphatic carboxylic acids is 1. The molecule has 44 heavy (non-hydrogen) atoms. The Bertz CT molecular complexity index is 1210. The predicted molar refractivity (Wildman–Crippen MR) is 178 cm³/mol. The Hall–Kier alpha value is -3.49. The Morgan fingerprint density at radius 2 is 1.52 bits per heavy atom. The maximum Gasteiger partial charge on any atom is 0.328 e. The van der Waals surface area contributed by atoms with Gasteiger partial charge in [0, 0.05) is 31.4 Å². The molecule has 0 saturated carbocycles. The number of carbonyl (C=O) groups is 1. The molecule has 0 heterocycles. The number of nitrogens with one attached hydrogen (secondary N) is 1. The molecule has 3 aromatic carbocycles. The second kappa shape index (κ2) is 22.1. The minimum atomic E-state index is -0.919. The lowest BCUT2D eigenvalue weighted by atomic mass is 10.0. The molecule has 1 unspecified atom stereocenters. The number of carboxylic acid groups (broad SMARTS) is 1. The van der Waals surface area contributed by atoms with Gasteiger partial charge < -0.3 is 30.5 Å². The van der Waals surface area contributed by atoms with Crippen molar-refractivity contribution in [2.75, 3.05) is 26.3 Å². The normalized spacial score (nSPS) is 11.8. The summed E-state index contributed by atoms with van der Waals surface area (Å²) in [6.45, 7) is 7.03. The van der Waals surface area contributed by atoms with E-state index >= 15 is 0 Å². The van der Waals surface area contributed by atoms with Gasteiger partial charge in [-0.15, -0.1) is 0 Å². The van der Waals surface area contributed by atoms with E-state index in [-0.39, 0.29) is 12.4 Å². The van der Waals surface area contributed by atoms with E-state index in [0.717, 1.165) is 69.9 Å². The van der Waals surface area contributed by atoms with Gasteiger partial charge in [0.2, 0.25) is 0 Å². The molecule has 5 N–H and O–H groups in total. The molecular weight excluding hydrogens is 554 g/mol. The van der Waals surface area contributed by atoms with Crippen LogP contribution < -0.4 is 5.32 Å². The number of unbranched alkanes of at least 4 members (excludes halogenated alkanes) is 4. The Kier molecular flexibility index (Phi) is 18.4. The number of aromatic hydroxyl groups is 1. The van der Waals surface area contributed by atoms with Crippen LogP contribution in [0.1, 0.15) is 92.2 Å². The van der Waals surface area contributed by atoms with Crippen molar-refractivity contribution in [3.63, 3.8) is 0 Å². The van der Waals surface area contributed by atoms with E-state index in [9.17, 15) is 20.1 Å². The smallest absolute Gasteiger partial charge is 0.328 e. The van der Waals surface area contributed by atoms with Gasteiger partial charge in [-0.3, -0.25) is 0 Å². The lowest BCUT2D eigenvalue weighted by Crippen LogP contribution is -2.22. The topological polar surface area (TPSA) is 119 Å². The monoisotopic (exact) mass is 605 g/mol. The fourth-order valence-corrected chi connectivity index (χ4v) is 4.54. The van der Waals surface area contributed by atoms with Gasteiger partial charge in [-0.05, 0) is 85.0 Å². The second-order valence-electron chi connectivity index (χ2n) is 11.2. The fraction of sp³-hybridized carbons (Fsp3) is 0.432. The van der Waals surface area contributed by atoms with Crippen LogP contribution in [0.4, 0.5) is 0 Å². The molecule has 0 spiro atoms. The van der Waals surface area contributed by atoms with Gasteiger partial charge in [0.05, 0.1) is 12.7 Å². The lowest BCUT2D eigenvalue weighted by molar-refractivity contribution is -0.131. The Morgan fingerprint density at radius 1 is 0.864 bits per heavy atom. The SMILES string of the molecule is CC(C)c1ccc(/C=C/C(=O)O)cc1.OCc1cc(C(O)CNCCCCCCOCCCCc2ccccc2)ccc1O. The average Bonchev–Trinajstić information content (AvgIpc) is 3.03. The summed E-state index contributed by atoms with van der Waals surface area (Å²) in [5.41, 5.74) is 4.71. The van der Waals surface area contributed by atoms with Crippen molar-refractivity contribution >= 4 is 12.0 Å². The van der Waals surface area contributed by atoms with E-state index in [2.05, 4.69) is 49.5 Å². The highest BCUT2D eigenvalue weighted by molar-refractivity contribution is 5.85. The van der Waals surface area contributed by atoms with Crippen molar-refractivity contribution in [1.82, 2.24) is 5.32 Å². The number of hydrogen-bond donors (Lipinski definition) is 5. The van der Waals surface area contributed by atoms with Crippen LogP contribution in [0.25, 0.3) is 6.08 Å². The van der Waals surface area contributed by atoms with Gasteiger partial charge in [0.1, 0.15) is 5.75 Å². The van der Waals surface area contributed by atoms with Crippen molar-refractivity contribution in [3.8, 4) is 5.75 Å². The van der Waals surface area contributed by atoms with Crippen LogP contribution in [-0.2, 0) is 22.6 Å². The number of benzene rings is 3. The van der Waals surface area contributed by atoms with Crippen LogP contribution in [0.2, 0.25) is 0 Å². The van der Waals surface area contributed by atoms with E-state index in [1.165, 1.54) is 23.6 Å². The van der Waals surface area contributed by atoms with Gasteiger partial charge in [-0.1, -0.05) is 87.4 Å². The number of carboxylic acids is 1. The number of hydrogen-bond acceptors (Lipinski definition) is 6. The van der Waals surface area contributed by atoms with E-state index in [1.807, 2.05) is 24.3 Å². The number of rotatable bonds is 19. The maximum absolute atomic E-state index is 10.3. The van der Waals surface area contributed by atoms with Gasteiger partial charge in [-0.2, -0.15) is 0 Å². The van der Waals surface area contributed by atoms with E-state index in [0.29, 0.717) is 23.6 Å². The van der Waals surface area contributed by atoms with Crippen LogP contribution in [0.3, 0.4) is 0 Å². The molecule has 0 fully saturated rings. The van der Waals surface area contributed by atoms with Crippen LogP contribution in [0.15, 0.2) is 78.9 Å². The Balaban J connectivity index is 0.000000402. The third-order valence-corrected chi connectivity index (χ3v) is 7.26. The zero-order valence-electron chi connectivity index (χ0n) is 26.3. The van der Waals surface area contributed by atoms with Crippen LogP contribution >= 0.6 is 0 Å². The molecule has 0 radical (unpaired) electrons. The number of aliphatic hydroxyl groups is 2. The summed E-state index contributed by atoms with van der Waals surface area (Å²) in [4.78, 5) is 10.3. The van der Waals surface area contributed by atoms with Gasteiger partial charge in [-0.25, -0.2) is 4.79 Å². The summed E-state index contributed by atoms with van der Waals surface area (Å²) in [5, 5.41) is 40.7. The number of aliphatic hydroxyl groups excluding tert-OH is 2. The van der Waals surface area contributed by atoms with Gasteiger partial charge in [0.25, 0.3) is 0 Å². The van der Waals surface area contributed by atoms with Gasteiger partial charge in [0.15, 0.2) is 0 Å². The molecule has 0 aliphatic heterocycles. The van der Waals surface area contributed by atoms with E-state index < -0.39 is 12.1 Å². The molecule has 0 aliphatic rings. The minimum Gasteiger partial charge on any atom is -0.508 e. The molecule has 240 valence electrons. The first-order valence-electron chi connectivity index (χ1n) is 15.7. The highest BCUT2D eigenvalue weighted by Crippen LogP contribution is 2.22. The predicted octanol–water partition coefficient (Wildman–Crippen LogP) is 7.02. The van der Waals surface area contributed by atoms with Crippen LogP contribution in [0.5, 0.6) is 5.75 Å². The summed E-state index contributed by atoms with van der Waals surface area (Å²) in [7, 11) is 0. The number of phenols is 1. The summed E-state index contributed by atoms with van der Waals surface area (Å²) in [6.07, 6.45) is 9.97. The molecule has 3 rings (SSSR count). The zero-order valence-corrected chi connectivity index (χ0v) is 26.3. The number of ether oxygens (including phenoxy) is 1. The van der Waals surface area contributed by atoms with Crippen molar-refractivity contribution in [2.45, 2.75) is 77.4 Å². The van der Waals surface area contributed by atoms with E-state index in [4.69, 9.17) is 9.84 Å². The molecule has 0 saturated heterocycles. The third kappa shape index (κ3) is 15.8. The second-order valence-corrected chi connectivity index (χ2v) is 11.2.